The monoisotopic (exact) mass is 805 g/mol. The lowest BCUT2D eigenvalue weighted by molar-refractivity contribution is 0.671. The normalized spacial score (nSPS) is 13.8. The fraction of sp³-hybridized carbons (Fsp3) is 0.0526. The Bertz CT molecular complexity index is 4050. The summed E-state index contributed by atoms with van der Waals surface area (Å²) in [5.41, 5.74) is 15.0. The quantitative estimate of drug-likeness (QED) is 0.178. The van der Waals surface area contributed by atoms with Gasteiger partial charge in [0, 0.05) is 71.9 Å². The highest BCUT2D eigenvalue weighted by molar-refractivity contribution is 6.22. The average molecular weight is 806 g/mol. The largest absolute Gasteiger partial charge is 0.454 e. The summed E-state index contributed by atoms with van der Waals surface area (Å²) < 4.78 is 13.7. The molecule has 4 heterocycles. The molecule has 0 radical (unpaired) electrons. The van der Waals surface area contributed by atoms with Crippen molar-refractivity contribution >= 4 is 82.5 Å². The number of benzene rings is 8. The van der Waals surface area contributed by atoms with Gasteiger partial charge in [0.25, 0.3) is 0 Å². The zero-order valence-electron chi connectivity index (χ0n) is 34.2. The first kappa shape index (κ1) is 35.2. The fourth-order valence-corrected chi connectivity index (χ4v) is 10.6. The number of furan rings is 1. The lowest BCUT2D eigenvalue weighted by atomic mass is 9.92. The summed E-state index contributed by atoms with van der Waals surface area (Å²) in [6.45, 7) is 2.32. The van der Waals surface area contributed by atoms with Crippen LogP contribution in [0.2, 0.25) is 0 Å². The second-order valence-corrected chi connectivity index (χ2v) is 16.8. The van der Waals surface area contributed by atoms with Crippen molar-refractivity contribution in [2.75, 3.05) is 0 Å². The summed E-state index contributed by atoms with van der Waals surface area (Å²) >= 11 is 0. The number of rotatable bonds is 4. The molecule has 1 unspecified atom stereocenters. The Morgan fingerprint density at radius 3 is 1.76 bits per heavy atom. The van der Waals surface area contributed by atoms with E-state index in [-0.39, 0.29) is 0 Å². The first-order valence-corrected chi connectivity index (χ1v) is 21.4. The van der Waals surface area contributed by atoms with Gasteiger partial charge >= 0.3 is 0 Å². The second-order valence-electron chi connectivity index (χ2n) is 16.8. The first-order chi connectivity index (χ1) is 31.1. The van der Waals surface area contributed by atoms with E-state index in [4.69, 9.17) is 4.42 Å². The van der Waals surface area contributed by atoms with Gasteiger partial charge in [-0.2, -0.15) is 10.5 Å². The van der Waals surface area contributed by atoms with Crippen LogP contribution < -0.4 is 0 Å². The van der Waals surface area contributed by atoms with Crippen LogP contribution in [0.1, 0.15) is 41.6 Å². The number of nitrogens with zero attached hydrogens (tertiary/aromatic N) is 5. The minimum Gasteiger partial charge on any atom is -0.454 e. The number of fused-ring (bicyclic) bond motifs is 14. The Morgan fingerprint density at radius 2 is 1.08 bits per heavy atom. The Kier molecular flexibility index (Phi) is 7.38. The molecule has 0 N–H and O–H groups in total. The van der Waals surface area contributed by atoms with Crippen molar-refractivity contribution in [2.24, 2.45) is 0 Å². The lowest BCUT2D eigenvalue weighted by Gasteiger charge is -2.19. The molecular formula is C57H35N5O. The molecular weight excluding hydrogens is 771 g/mol. The molecule has 0 fully saturated rings. The van der Waals surface area contributed by atoms with Crippen molar-refractivity contribution in [1.82, 2.24) is 13.7 Å². The maximum absolute atomic E-state index is 10.7. The summed E-state index contributed by atoms with van der Waals surface area (Å²) in [5, 5.41) is 29.1. The van der Waals surface area contributed by atoms with Crippen molar-refractivity contribution in [3.05, 3.63) is 192 Å². The van der Waals surface area contributed by atoms with Crippen LogP contribution in [0.5, 0.6) is 0 Å². The Hall–Kier alpha value is -8.58. The molecule has 1 aliphatic carbocycles. The van der Waals surface area contributed by atoms with Crippen LogP contribution in [0.15, 0.2) is 174 Å². The minimum atomic E-state index is 0.318. The molecule has 8 aromatic carbocycles. The number of nitriles is 2. The number of hydrogen-bond donors (Lipinski definition) is 0. The molecule has 63 heavy (non-hydrogen) atoms. The van der Waals surface area contributed by atoms with Crippen LogP contribution in [-0.2, 0) is 0 Å². The van der Waals surface area contributed by atoms with Gasteiger partial charge in [0.2, 0.25) is 0 Å². The maximum Gasteiger partial charge on any atom is 0.160 e. The van der Waals surface area contributed by atoms with E-state index >= 15 is 0 Å². The molecule has 0 saturated carbocycles. The third-order valence-corrected chi connectivity index (χ3v) is 13.2. The average Bonchev–Trinajstić information content (AvgIpc) is 4.08. The third kappa shape index (κ3) is 4.98. The molecule has 0 saturated heterocycles. The van der Waals surface area contributed by atoms with E-state index in [1.165, 1.54) is 16.6 Å². The highest BCUT2D eigenvalue weighted by Gasteiger charge is 2.28. The van der Waals surface area contributed by atoms with Gasteiger partial charge in [-0.3, -0.25) is 0 Å². The predicted molar refractivity (Wildman–Crippen MR) is 256 cm³/mol. The van der Waals surface area contributed by atoms with Gasteiger partial charge in [-0.05, 0) is 96.4 Å². The zero-order valence-corrected chi connectivity index (χ0v) is 34.2. The standard InChI is InChI=1S/C57H35N5O/c1-34-12-11-18-48-53-51(60(54(34)48)39-13-3-2-4-14-39)25-24-45-42-15-5-8-19-49(42)61(55(45)53)40-28-35(32-58)26-37(30-40)38-27-36(33-59)29-41(31-38)62-50-20-9-6-16-43(50)46-22-23-47-44-17-7-10-21-52(44)63-57(47)56(46)62/h2-11,13-31,34H,12H2,1H3. The smallest absolute Gasteiger partial charge is 0.160 e. The van der Waals surface area contributed by atoms with Crippen LogP contribution in [0.3, 0.4) is 0 Å². The Morgan fingerprint density at radius 1 is 0.508 bits per heavy atom. The van der Waals surface area contributed by atoms with Crippen LogP contribution in [0.25, 0.3) is 111 Å². The van der Waals surface area contributed by atoms with Gasteiger partial charge in [-0.1, -0.05) is 104 Å². The SMILES string of the molecule is CC1CC=Cc2c1n(-c1ccccc1)c1ccc3c4ccccc4n(-c4cc(C#N)cc(-c5cc(C#N)cc(-n6c7ccccc7c7ccc8c9ccccc9oc8c76)c5)c4)c3c21. The summed E-state index contributed by atoms with van der Waals surface area (Å²) in [6, 6.07) is 61.7. The van der Waals surface area contributed by atoms with Crippen LogP contribution in [0.4, 0.5) is 0 Å². The lowest BCUT2D eigenvalue weighted by Crippen LogP contribution is -2.06. The second kappa shape index (κ2) is 13.2. The molecule has 12 aromatic rings. The van der Waals surface area contributed by atoms with E-state index in [0.717, 1.165) is 106 Å². The summed E-state index contributed by atoms with van der Waals surface area (Å²) in [4.78, 5) is 0. The zero-order chi connectivity index (χ0) is 41.9. The maximum atomic E-state index is 10.7. The van der Waals surface area contributed by atoms with Gasteiger partial charge in [0.15, 0.2) is 5.58 Å². The van der Waals surface area contributed by atoms with E-state index in [2.05, 4.69) is 166 Å². The van der Waals surface area contributed by atoms with E-state index in [1.807, 2.05) is 42.5 Å². The molecule has 294 valence electrons. The molecule has 13 rings (SSSR count). The van der Waals surface area contributed by atoms with E-state index in [0.29, 0.717) is 17.0 Å². The van der Waals surface area contributed by atoms with Crippen molar-refractivity contribution < 1.29 is 4.42 Å². The number of para-hydroxylation sites is 4. The number of aromatic nitrogens is 3. The summed E-state index contributed by atoms with van der Waals surface area (Å²) in [6.07, 6.45) is 5.58. The molecule has 1 atom stereocenters. The predicted octanol–water partition coefficient (Wildman–Crippen LogP) is 14.7. The molecule has 0 bridgehead atoms. The molecule has 6 heteroatoms. The van der Waals surface area contributed by atoms with E-state index in [1.54, 1.807) is 0 Å². The van der Waals surface area contributed by atoms with Crippen LogP contribution >= 0.6 is 0 Å². The topological polar surface area (TPSA) is 75.5 Å². The van der Waals surface area contributed by atoms with Crippen LogP contribution in [-0.4, -0.2) is 13.7 Å². The Balaban J connectivity index is 1.09. The highest BCUT2D eigenvalue weighted by Crippen LogP contribution is 2.46. The van der Waals surface area contributed by atoms with Gasteiger partial charge in [0.1, 0.15) is 5.58 Å². The van der Waals surface area contributed by atoms with Crippen molar-refractivity contribution in [2.45, 2.75) is 19.3 Å². The first-order valence-electron chi connectivity index (χ1n) is 21.4. The molecule has 4 aromatic heterocycles. The molecule has 6 nitrogen and oxygen atoms in total. The van der Waals surface area contributed by atoms with E-state index < -0.39 is 0 Å². The van der Waals surface area contributed by atoms with Crippen molar-refractivity contribution in [1.29, 1.82) is 10.5 Å². The Labute approximate surface area is 361 Å². The van der Waals surface area contributed by atoms with Crippen molar-refractivity contribution in [3.8, 4) is 40.3 Å². The van der Waals surface area contributed by atoms with Gasteiger partial charge < -0.3 is 18.1 Å². The van der Waals surface area contributed by atoms with Gasteiger partial charge in [-0.25, -0.2) is 0 Å². The highest BCUT2D eigenvalue weighted by atomic mass is 16.3. The molecule has 0 aliphatic heterocycles. The summed E-state index contributed by atoms with van der Waals surface area (Å²) in [5.74, 6) is 0.318. The number of hydrogen-bond acceptors (Lipinski definition) is 3. The molecule has 0 amide bonds. The third-order valence-electron chi connectivity index (χ3n) is 13.2. The summed E-state index contributed by atoms with van der Waals surface area (Å²) in [7, 11) is 0. The minimum absolute atomic E-state index is 0.318. The number of allylic oxidation sites excluding steroid dienone is 1. The molecule has 0 spiro atoms. The molecule has 1 aliphatic rings. The fourth-order valence-electron chi connectivity index (χ4n) is 10.6. The van der Waals surface area contributed by atoms with Gasteiger partial charge in [0.05, 0.1) is 50.8 Å². The van der Waals surface area contributed by atoms with Gasteiger partial charge in [-0.15, -0.1) is 0 Å². The van der Waals surface area contributed by atoms with E-state index in [9.17, 15) is 10.5 Å². The van der Waals surface area contributed by atoms with Crippen LogP contribution in [0, 0.1) is 22.7 Å². The van der Waals surface area contributed by atoms with Crippen molar-refractivity contribution in [3.63, 3.8) is 0 Å².